The highest BCUT2D eigenvalue weighted by Crippen LogP contribution is 2.21. The summed E-state index contributed by atoms with van der Waals surface area (Å²) in [7, 11) is 0. The van der Waals surface area contributed by atoms with Gasteiger partial charge in [0, 0.05) is 5.56 Å². The van der Waals surface area contributed by atoms with E-state index >= 15 is 0 Å². The van der Waals surface area contributed by atoms with E-state index in [1.54, 1.807) is 18.2 Å². The first kappa shape index (κ1) is 21.8. The number of ketones is 1. The van der Waals surface area contributed by atoms with E-state index in [9.17, 15) is 9.90 Å². The number of nitrogens with two attached hydrogens (primary N) is 2. The van der Waals surface area contributed by atoms with Gasteiger partial charge in [-0.25, -0.2) is 0 Å². The Hall–Kier alpha value is -3.93. The SMILES string of the molecule is NC(N)(c1ccccc1)c1ccccc1.O=C(c1ccc(O)cc1)c1ccccc1O. The summed E-state index contributed by atoms with van der Waals surface area (Å²) in [4.78, 5) is 11.9. The van der Waals surface area contributed by atoms with Crippen LogP contribution in [0.5, 0.6) is 11.5 Å². The van der Waals surface area contributed by atoms with Crippen molar-refractivity contribution in [3.05, 3.63) is 131 Å². The van der Waals surface area contributed by atoms with Gasteiger partial charge in [0.1, 0.15) is 17.2 Å². The molecule has 4 aromatic rings. The maximum atomic E-state index is 11.9. The van der Waals surface area contributed by atoms with Crippen LogP contribution in [0.2, 0.25) is 0 Å². The Bertz CT molecular complexity index is 1080. The van der Waals surface area contributed by atoms with Gasteiger partial charge in [-0.3, -0.25) is 4.79 Å². The van der Waals surface area contributed by atoms with Crippen molar-refractivity contribution in [2.45, 2.75) is 5.66 Å². The number of hydrogen-bond acceptors (Lipinski definition) is 5. The van der Waals surface area contributed by atoms with Gasteiger partial charge in [-0.05, 0) is 47.5 Å². The number of benzene rings is 4. The molecule has 0 amide bonds. The minimum atomic E-state index is -0.914. The van der Waals surface area contributed by atoms with Gasteiger partial charge in [0.15, 0.2) is 5.78 Å². The molecule has 31 heavy (non-hydrogen) atoms. The average molecular weight is 412 g/mol. The third kappa shape index (κ3) is 5.36. The third-order valence-corrected chi connectivity index (χ3v) is 4.78. The van der Waals surface area contributed by atoms with Crippen LogP contribution >= 0.6 is 0 Å². The van der Waals surface area contributed by atoms with Crippen LogP contribution < -0.4 is 11.5 Å². The van der Waals surface area contributed by atoms with Crippen LogP contribution in [0.4, 0.5) is 0 Å². The molecule has 0 fully saturated rings. The fraction of sp³-hybridized carbons (Fsp3) is 0.0385. The summed E-state index contributed by atoms with van der Waals surface area (Å²) >= 11 is 0. The quantitative estimate of drug-likeness (QED) is 0.298. The maximum Gasteiger partial charge on any atom is 0.196 e. The van der Waals surface area contributed by atoms with Crippen molar-refractivity contribution in [2.24, 2.45) is 11.5 Å². The molecule has 0 saturated carbocycles. The van der Waals surface area contributed by atoms with E-state index in [0.717, 1.165) is 11.1 Å². The lowest BCUT2D eigenvalue weighted by atomic mass is 9.93. The van der Waals surface area contributed by atoms with Crippen LogP contribution in [-0.4, -0.2) is 16.0 Å². The van der Waals surface area contributed by atoms with E-state index in [1.807, 2.05) is 60.7 Å². The molecule has 0 bridgehead atoms. The number of carbonyl (C=O) groups excluding carboxylic acids is 1. The molecular formula is C26H24N2O3. The fourth-order valence-electron chi connectivity index (χ4n) is 3.03. The first-order valence-electron chi connectivity index (χ1n) is 9.70. The van der Waals surface area contributed by atoms with Gasteiger partial charge < -0.3 is 21.7 Å². The number of rotatable bonds is 4. The largest absolute Gasteiger partial charge is 0.508 e. The van der Waals surface area contributed by atoms with Gasteiger partial charge in [-0.1, -0.05) is 72.8 Å². The van der Waals surface area contributed by atoms with E-state index in [-0.39, 0.29) is 22.8 Å². The third-order valence-electron chi connectivity index (χ3n) is 4.78. The zero-order valence-electron chi connectivity index (χ0n) is 16.8. The van der Waals surface area contributed by atoms with Crippen LogP contribution in [-0.2, 0) is 5.66 Å². The predicted molar refractivity (Wildman–Crippen MR) is 122 cm³/mol. The second-order valence-corrected chi connectivity index (χ2v) is 6.99. The average Bonchev–Trinajstić information content (AvgIpc) is 2.81. The molecule has 0 spiro atoms. The first-order valence-corrected chi connectivity index (χ1v) is 9.70. The highest BCUT2D eigenvalue weighted by atomic mass is 16.3. The van der Waals surface area contributed by atoms with E-state index in [4.69, 9.17) is 16.6 Å². The van der Waals surface area contributed by atoms with Gasteiger partial charge in [0.2, 0.25) is 0 Å². The molecule has 4 rings (SSSR count). The minimum absolute atomic E-state index is 0.0411. The molecule has 0 atom stereocenters. The summed E-state index contributed by atoms with van der Waals surface area (Å²) in [6.45, 7) is 0. The van der Waals surface area contributed by atoms with E-state index < -0.39 is 5.66 Å². The summed E-state index contributed by atoms with van der Waals surface area (Å²) < 4.78 is 0. The fourth-order valence-corrected chi connectivity index (χ4v) is 3.03. The van der Waals surface area contributed by atoms with Crippen molar-refractivity contribution in [3.63, 3.8) is 0 Å². The molecule has 0 unspecified atom stereocenters. The Morgan fingerprint density at radius 2 is 1.06 bits per heavy atom. The Labute approximate surface area is 181 Å². The minimum Gasteiger partial charge on any atom is -0.508 e. The zero-order valence-corrected chi connectivity index (χ0v) is 16.8. The van der Waals surface area contributed by atoms with Crippen molar-refractivity contribution in [1.29, 1.82) is 0 Å². The molecule has 0 aromatic heterocycles. The lowest BCUT2D eigenvalue weighted by Crippen LogP contribution is -2.46. The Balaban J connectivity index is 0.000000176. The molecule has 0 heterocycles. The Morgan fingerprint density at radius 3 is 1.55 bits per heavy atom. The van der Waals surface area contributed by atoms with Gasteiger partial charge >= 0.3 is 0 Å². The number of phenolic OH excluding ortho intramolecular Hbond substituents is 2. The first-order chi connectivity index (χ1) is 14.9. The van der Waals surface area contributed by atoms with Crippen molar-refractivity contribution in [2.75, 3.05) is 0 Å². The topological polar surface area (TPSA) is 110 Å². The Morgan fingerprint density at radius 1 is 0.613 bits per heavy atom. The number of para-hydroxylation sites is 1. The van der Waals surface area contributed by atoms with Crippen molar-refractivity contribution in [1.82, 2.24) is 0 Å². The molecule has 4 aromatic carbocycles. The molecular weight excluding hydrogens is 388 g/mol. The van der Waals surface area contributed by atoms with E-state index in [1.165, 1.54) is 30.3 Å². The smallest absolute Gasteiger partial charge is 0.196 e. The second kappa shape index (κ2) is 9.71. The van der Waals surface area contributed by atoms with Gasteiger partial charge in [-0.2, -0.15) is 0 Å². The highest BCUT2D eigenvalue weighted by molar-refractivity contribution is 6.10. The van der Waals surface area contributed by atoms with E-state index in [0.29, 0.717) is 5.56 Å². The normalized spacial score (nSPS) is 10.6. The lowest BCUT2D eigenvalue weighted by Gasteiger charge is -2.25. The number of hydrogen-bond donors (Lipinski definition) is 4. The molecule has 0 aliphatic rings. The summed E-state index contributed by atoms with van der Waals surface area (Å²) in [5.41, 5.74) is 13.9. The summed E-state index contributed by atoms with van der Waals surface area (Å²) in [6.07, 6.45) is 0. The molecule has 0 radical (unpaired) electrons. The van der Waals surface area contributed by atoms with Crippen molar-refractivity contribution >= 4 is 5.78 Å². The summed E-state index contributed by atoms with van der Waals surface area (Å²) in [5, 5.41) is 18.6. The monoisotopic (exact) mass is 412 g/mol. The maximum absolute atomic E-state index is 11.9. The van der Waals surface area contributed by atoms with Crippen LogP contribution in [0.15, 0.2) is 109 Å². The molecule has 0 saturated heterocycles. The molecule has 156 valence electrons. The lowest BCUT2D eigenvalue weighted by molar-refractivity contribution is 0.103. The van der Waals surface area contributed by atoms with Crippen LogP contribution in [0.3, 0.4) is 0 Å². The number of phenols is 2. The van der Waals surface area contributed by atoms with E-state index in [2.05, 4.69) is 0 Å². The van der Waals surface area contributed by atoms with Crippen LogP contribution in [0, 0.1) is 0 Å². The molecule has 5 heteroatoms. The van der Waals surface area contributed by atoms with Crippen LogP contribution in [0.25, 0.3) is 0 Å². The number of carbonyl (C=O) groups is 1. The standard InChI is InChI=1S/C13H14N2.C13H10O3/c14-13(15,11-7-3-1-4-8-11)12-9-5-2-6-10-12;14-10-7-5-9(6-8-10)13(16)11-3-1-2-4-12(11)15/h1-10H,14-15H2;1-8,14-15H. The van der Waals surface area contributed by atoms with Gasteiger partial charge in [0.05, 0.1) is 5.56 Å². The van der Waals surface area contributed by atoms with Crippen molar-refractivity contribution < 1.29 is 15.0 Å². The molecule has 0 aliphatic heterocycles. The molecule has 5 nitrogen and oxygen atoms in total. The summed E-state index contributed by atoms with van der Waals surface area (Å²) in [5.74, 6) is -0.201. The molecule has 6 N–H and O–H groups in total. The predicted octanol–water partition coefficient (Wildman–Crippen LogP) is 4.13. The van der Waals surface area contributed by atoms with Crippen molar-refractivity contribution in [3.8, 4) is 11.5 Å². The van der Waals surface area contributed by atoms with Crippen LogP contribution in [0.1, 0.15) is 27.0 Å². The second-order valence-electron chi connectivity index (χ2n) is 6.99. The Kier molecular flexibility index (Phi) is 6.82. The summed E-state index contributed by atoms with van der Waals surface area (Å²) in [6, 6.07) is 31.7. The highest BCUT2D eigenvalue weighted by Gasteiger charge is 2.23. The van der Waals surface area contributed by atoms with Gasteiger partial charge in [-0.15, -0.1) is 0 Å². The zero-order chi connectivity index (χ0) is 22.3. The molecule has 0 aliphatic carbocycles. The number of aromatic hydroxyl groups is 2. The van der Waals surface area contributed by atoms with Gasteiger partial charge in [0.25, 0.3) is 0 Å².